The molecule has 0 saturated carbocycles. The molecule has 8 heteroatoms. The second-order valence-electron chi connectivity index (χ2n) is 5.48. The Hall–Kier alpha value is -3.34. The van der Waals surface area contributed by atoms with E-state index in [0.29, 0.717) is 23.6 Å². The van der Waals surface area contributed by atoms with Gasteiger partial charge in [-0.25, -0.2) is 0 Å². The van der Waals surface area contributed by atoms with Gasteiger partial charge < -0.3 is 14.6 Å². The van der Waals surface area contributed by atoms with Crippen LogP contribution in [0.4, 0.5) is 11.4 Å². The van der Waals surface area contributed by atoms with Crippen molar-refractivity contribution in [3.8, 4) is 23.4 Å². The number of ether oxygens (including phenoxy) is 2. The number of aromatic hydroxyl groups is 1. The summed E-state index contributed by atoms with van der Waals surface area (Å²) in [5.41, 5.74) is 0.191. The minimum Gasteiger partial charge on any atom is -0.497 e. The second kappa shape index (κ2) is 8.16. The molecule has 0 aliphatic carbocycles. The first-order valence-electron chi connectivity index (χ1n) is 7.98. The molecule has 0 radical (unpaired) electrons. The number of pyridine rings is 1. The van der Waals surface area contributed by atoms with Crippen molar-refractivity contribution < 1.29 is 14.6 Å². The van der Waals surface area contributed by atoms with E-state index in [4.69, 9.17) is 9.47 Å². The third kappa shape index (κ3) is 3.52. The minimum absolute atomic E-state index is 0.00525. The summed E-state index contributed by atoms with van der Waals surface area (Å²) in [6.07, 6.45) is 0.615. The Bertz CT molecular complexity index is 942. The molecule has 1 N–H and O–H groups in total. The highest BCUT2D eigenvalue weighted by molar-refractivity contribution is 5.58. The van der Waals surface area contributed by atoms with Gasteiger partial charge in [-0.3, -0.25) is 9.36 Å². The van der Waals surface area contributed by atoms with Gasteiger partial charge in [0.15, 0.2) is 5.69 Å². The lowest BCUT2D eigenvalue weighted by Gasteiger charge is -2.12. The number of aromatic nitrogens is 1. The van der Waals surface area contributed by atoms with Crippen molar-refractivity contribution in [3.63, 3.8) is 0 Å². The molecule has 0 fully saturated rings. The second-order valence-corrected chi connectivity index (χ2v) is 5.48. The van der Waals surface area contributed by atoms with Crippen LogP contribution in [-0.4, -0.2) is 23.9 Å². The highest BCUT2D eigenvalue weighted by atomic mass is 16.5. The standard InChI is InChI=1S/C18H20N4O4/c1-5-8-22-17(23)13(10-19)11(2)16(18(22)24)21-20-14-7-6-12(25-3)9-15(14)26-4/h6-7,9,23H,5,8H2,1-4H3. The monoisotopic (exact) mass is 356 g/mol. The summed E-state index contributed by atoms with van der Waals surface area (Å²) in [6, 6.07) is 6.90. The van der Waals surface area contributed by atoms with E-state index in [1.807, 2.05) is 13.0 Å². The summed E-state index contributed by atoms with van der Waals surface area (Å²) < 4.78 is 11.5. The zero-order chi connectivity index (χ0) is 19.3. The van der Waals surface area contributed by atoms with E-state index >= 15 is 0 Å². The highest BCUT2D eigenvalue weighted by Gasteiger charge is 2.18. The molecule has 26 heavy (non-hydrogen) atoms. The Labute approximate surface area is 150 Å². The topological polar surface area (TPSA) is 109 Å². The van der Waals surface area contributed by atoms with Gasteiger partial charge in [0.05, 0.1) is 14.2 Å². The Morgan fingerprint density at radius 3 is 2.58 bits per heavy atom. The number of hydrogen-bond acceptors (Lipinski definition) is 7. The maximum Gasteiger partial charge on any atom is 0.281 e. The van der Waals surface area contributed by atoms with Crippen molar-refractivity contribution in [1.29, 1.82) is 5.26 Å². The number of benzene rings is 1. The Balaban J connectivity index is 2.60. The molecule has 0 atom stereocenters. The highest BCUT2D eigenvalue weighted by Crippen LogP contribution is 2.33. The molecule has 0 unspecified atom stereocenters. The number of nitrogens with zero attached hydrogens (tertiary/aromatic N) is 4. The van der Waals surface area contributed by atoms with Crippen LogP contribution in [0.3, 0.4) is 0 Å². The number of hydrogen-bond donors (Lipinski definition) is 1. The quantitative estimate of drug-likeness (QED) is 0.796. The summed E-state index contributed by atoms with van der Waals surface area (Å²) >= 11 is 0. The van der Waals surface area contributed by atoms with Gasteiger partial charge in [0.25, 0.3) is 5.56 Å². The van der Waals surface area contributed by atoms with E-state index < -0.39 is 5.56 Å². The third-order valence-electron chi connectivity index (χ3n) is 3.86. The molecule has 136 valence electrons. The van der Waals surface area contributed by atoms with Crippen molar-refractivity contribution >= 4 is 11.4 Å². The SMILES string of the molecule is CCCn1c(O)c(C#N)c(C)c(N=Nc2ccc(OC)cc2OC)c1=O. The van der Waals surface area contributed by atoms with E-state index in [0.717, 1.165) is 4.57 Å². The van der Waals surface area contributed by atoms with Gasteiger partial charge in [-0.15, -0.1) is 10.2 Å². The molecule has 0 saturated heterocycles. The van der Waals surface area contributed by atoms with Crippen molar-refractivity contribution in [2.75, 3.05) is 14.2 Å². The van der Waals surface area contributed by atoms with E-state index in [-0.39, 0.29) is 29.2 Å². The van der Waals surface area contributed by atoms with Crippen LogP contribution in [0.25, 0.3) is 0 Å². The summed E-state index contributed by atoms with van der Waals surface area (Å²) in [6.45, 7) is 3.69. The number of methoxy groups -OCH3 is 2. The van der Waals surface area contributed by atoms with Crippen LogP contribution >= 0.6 is 0 Å². The molecule has 8 nitrogen and oxygen atoms in total. The van der Waals surface area contributed by atoms with Crippen LogP contribution in [0.2, 0.25) is 0 Å². The maximum atomic E-state index is 12.6. The van der Waals surface area contributed by atoms with Crippen LogP contribution in [-0.2, 0) is 6.54 Å². The van der Waals surface area contributed by atoms with Crippen LogP contribution in [0.15, 0.2) is 33.2 Å². The number of nitriles is 1. The van der Waals surface area contributed by atoms with Crippen molar-refractivity contribution in [3.05, 3.63) is 39.7 Å². The van der Waals surface area contributed by atoms with Crippen molar-refractivity contribution in [2.24, 2.45) is 10.2 Å². The van der Waals surface area contributed by atoms with Crippen LogP contribution < -0.4 is 15.0 Å². The van der Waals surface area contributed by atoms with Gasteiger partial charge in [-0.2, -0.15) is 5.26 Å². The lowest BCUT2D eigenvalue weighted by molar-refractivity contribution is 0.395. The van der Waals surface area contributed by atoms with Crippen LogP contribution in [0, 0.1) is 18.3 Å². The summed E-state index contributed by atoms with van der Waals surface area (Å²) in [7, 11) is 3.02. The maximum absolute atomic E-state index is 12.6. The van der Waals surface area contributed by atoms with Gasteiger partial charge in [0.2, 0.25) is 5.88 Å². The third-order valence-corrected chi connectivity index (χ3v) is 3.86. The Morgan fingerprint density at radius 1 is 1.27 bits per heavy atom. The van der Waals surface area contributed by atoms with Gasteiger partial charge in [-0.1, -0.05) is 6.92 Å². The Kier molecular flexibility index (Phi) is 5.96. The fraction of sp³-hybridized carbons (Fsp3) is 0.333. The van der Waals surface area contributed by atoms with Crippen LogP contribution in [0.5, 0.6) is 17.4 Å². The van der Waals surface area contributed by atoms with E-state index in [1.165, 1.54) is 14.2 Å². The predicted molar refractivity (Wildman–Crippen MR) is 95.8 cm³/mol. The average molecular weight is 356 g/mol. The van der Waals surface area contributed by atoms with Gasteiger partial charge >= 0.3 is 0 Å². The predicted octanol–water partition coefficient (Wildman–Crippen LogP) is 3.58. The molecule has 1 aromatic heterocycles. The summed E-state index contributed by atoms with van der Waals surface area (Å²) in [5.74, 6) is 0.676. The van der Waals surface area contributed by atoms with Gasteiger partial charge in [-0.05, 0) is 25.5 Å². The molecule has 0 aliphatic heterocycles. The first-order chi connectivity index (χ1) is 12.5. The lowest BCUT2D eigenvalue weighted by Crippen LogP contribution is -2.21. The Morgan fingerprint density at radius 2 is 2.00 bits per heavy atom. The fourth-order valence-corrected chi connectivity index (χ4v) is 2.46. The van der Waals surface area contributed by atoms with Crippen molar-refractivity contribution in [1.82, 2.24) is 4.57 Å². The largest absolute Gasteiger partial charge is 0.497 e. The van der Waals surface area contributed by atoms with Crippen molar-refractivity contribution in [2.45, 2.75) is 26.8 Å². The lowest BCUT2D eigenvalue weighted by atomic mass is 10.1. The molecule has 1 aromatic carbocycles. The number of azo groups is 1. The molecule has 2 rings (SSSR count). The molecular formula is C18H20N4O4. The smallest absolute Gasteiger partial charge is 0.281 e. The molecule has 1 heterocycles. The normalized spacial score (nSPS) is 10.7. The molecule has 0 amide bonds. The van der Waals surface area contributed by atoms with E-state index in [9.17, 15) is 15.2 Å². The van der Waals surface area contributed by atoms with E-state index in [1.54, 1.807) is 25.1 Å². The van der Waals surface area contributed by atoms with E-state index in [2.05, 4.69) is 10.2 Å². The first-order valence-corrected chi connectivity index (χ1v) is 7.98. The summed E-state index contributed by atoms with van der Waals surface area (Å²) in [5, 5.41) is 27.6. The van der Waals surface area contributed by atoms with Gasteiger partial charge in [0, 0.05) is 18.2 Å². The minimum atomic E-state index is -0.503. The summed E-state index contributed by atoms with van der Waals surface area (Å²) in [4.78, 5) is 12.6. The fourth-order valence-electron chi connectivity index (χ4n) is 2.46. The molecule has 0 bridgehead atoms. The first kappa shape index (κ1) is 19.0. The molecule has 0 aliphatic rings. The van der Waals surface area contributed by atoms with Gasteiger partial charge in [0.1, 0.15) is 28.8 Å². The van der Waals surface area contributed by atoms with Crippen LogP contribution in [0.1, 0.15) is 24.5 Å². The zero-order valence-corrected chi connectivity index (χ0v) is 15.1. The molecule has 2 aromatic rings. The number of rotatable bonds is 6. The molecular weight excluding hydrogens is 336 g/mol. The molecule has 0 spiro atoms. The average Bonchev–Trinajstić information content (AvgIpc) is 2.65. The zero-order valence-electron chi connectivity index (χ0n) is 15.1.